The first-order chi connectivity index (χ1) is 9.00. The Bertz CT molecular complexity index is 341. The van der Waals surface area contributed by atoms with E-state index in [1.165, 1.54) is 0 Å². The van der Waals surface area contributed by atoms with Crippen LogP contribution < -0.4 is 5.32 Å². The molecule has 1 rings (SSSR count). The molecule has 0 radical (unpaired) electrons. The van der Waals surface area contributed by atoms with Crippen LogP contribution in [0, 0.1) is 5.92 Å². The minimum absolute atomic E-state index is 0.0195. The summed E-state index contributed by atoms with van der Waals surface area (Å²) >= 11 is 0. The van der Waals surface area contributed by atoms with Gasteiger partial charge in [0.05, 0.1) is 6.54 Å². The van der Waals surface area contributed by atoms with E-state index < -0.39 is 6.43 Å². The van der Waals surface area contributed by atoms with Gasteiger partial charge in [-0.05, 0) is 25.1 Å². The zero-order chi connectivity index (χ0) is 14.3. The quantitative estimate of drug-likeness (QED) is 0.780. The van der Waals surface area contributed by atoms with Crippen LogP contribution >= 0.6 is 0 Å². The van der Waals surface area contributed by atoms with Crippen LogP contribution in [0.15, 0.2) is 30.3 Å². The van der Waals surface area contributed by atoms with E-state index in [0.29, 0.717) is 12.5 Å². The van der Waals surface area contributed by atoms with Crippen LogP contribution in [0.3, 0.4) is 0 Å². The highest BCUT2D eigenvalue weighted by Gasteiger charge is 2.19. The number of nitrogens with one attached hydrogen (secondary N) is 1. The third-order valence-corrected chi connectivity index (χ3v) is 3.03. The molecule has 1 N–H and O–H groups in total. The number of hydrogen-bond donors (Lipinski definition) is 1. The molecule has 0 aliphatic rings. The predicted octanol–water partition coefficient (Wildman–Crippen LogP) is 3.17. The molecule has 0 spiro atoms. The van der Waals surface area contributed by atoms with Crippen LogP contribution in [0.1, 0.15) is 25.5 Å². The van der Waals surface area contributed by atoms with Gasteiger partial charge in [-0.2, -0.15) is 0 Å². The maximum absolute atomic E-state index is 12.5. The molecule has 0 heterocycles. The van der Waals surface area contributed by atoms with Gasteiger partial charge >= 0.3 is 0 Å². The molecule has 0 saturated carbocycles. The van der Waals surface area contributed by atoms with Crippen LogP contribution in [-0.4, -0.2) is 38.0 Å². The third kappa shape index (κ3) is 6.12. The van der Waals surface area contributed by atoms with E-state index in [1.807, 2.05) is 30.3 Å². The van der Waals surface area contributed by atoms with Gasteiger partial charge in [-0.1, -0.05) is 44.2 Å². The van der Waals surface area contributed by atoms with Gasteiger partial charge in [0.25, 0.3) is 6.43 Å². The molecule has 1 unspecified atom stereocenters. The summed E-state index contributed by atoms with van der Waals surface area (Å²) in [6.45, 7) is 5.64. The minimum Gasteiger partial charge on any atom is -0.315 e. The monoisotopic (exact) mass is 270 g/mol. The number of nitrogens with zero attached hydrogens (tertiary/aromatic N) is 1. The molecular weight excluding hydrogens is 246 g/mol. The third-order valence-electron chi connectivity index (χ3n) is 3.03. The van der Waals surface area contributed by atoms with E-state index in [1.54, 1.807) is 11.9 Å². The molecule has 1 aromatic rings. The number of likely N-dealkylation sites (N-methyl/N-ethyl adjacent to an activating group) is 1. The van der Waals surface area contributed by atoms with Gasteiger partial charge in [0, 0.05) is 12.6 Å². The number of alkyl halides is 2. The molecule has 19 heavy (non-hydrogen) atoms. The molecule has 0 aromatic heterocycles. The molecule has 4 heteroatoms. The van der Waals surface area contributed by atoms with Crippen LogP contribution in [0.4, 0.5) is 8.78 Å². The van der Waals surface area contributed by atoms with Crippen LogP contribution in [0.2, 0.25) is 0 Å². The lowest BCUT2D eigenvalue weighted by atomic mass is 10.1. The van der Waals surface area contributed by atoms with Gasteiger partial charge in [-0.15, -0.1) is 0 Å². The summed E-state index contributed by atoms with van der Waals surface area (Å²) in [5, 5.41) is 3.35. The molecule has 0 saturated heterocycles. The summed E-state index contributed by atoms with van der Waals surface area (Å²) < 4.78 is 25.1. The Kier molecular flexibility index (Phi) is 6.95. The number of hydrogen-bond acceptors (Lipinski definition) is 2. The largest absolute Gasteiger partial charge is 0.315 e. The minimum atomic E-state index is -2.30. The molecular formula is C15H24F2N2. The molecule has 108 valence electrons. The van der Waals surface area contributed by atoms with Crippen molar-refractivity contribution in [2.45, 2.75) is 26.3 Å². The van der Waals surface area contributed by atoms with Crippen molar-refractivity contribution < 1.29 is 8.78 Å². The van der Waals surface area contributed by atoms with Gasteiger partial charge in [0.1, 0.15) is 0 Å². The van der Waals surface area contributed by atoms with Gasteiger partial charge < -0.3 is 5.32 Å². The molecule has 2 nitrogen and oxygen atoms in total. The fraction of sp³-hybridized carbons (Fsp3) is 0.600. The SMILES string of the molecule is CC(C)CNCC(c1ccccc1)N(C)CC(F)F. The van der Waals surface area contributed by atoms with Crippen LogP contribution in [0.25, 0.3) is 0 Å². The van der Waals surface area contributed by atoms with E-state index in [9.17, 15) is 8.78 Å². The second-order valence-corrected chi connectivity index (χ2v) is 5.31. The Morgan fingerprint density at radius 3 is 2.26 bits per heavy atom. The molecule has 0 bridgehead atoms. The van der Waals surface area contributed by atoms with Gasteiger partial charge in [-0.3, -0.25) is 4.90 Å². The van der Waals surface area contributed by atoms with E-state index in [0.717, 1.165) is 12.1 Å². The van der Waals surface area contributed by atoms with E-state index in [-0.39, 0.29) is 12.6 Å². The fourth-order valence-electron chi connectivity index (χ4n) is 2.06. The lowest BCUT2D eigenvalue weighted by Crippen LogP contribution is -2.37. The molecule has 1 aromatic carbocycles. The average Bonchev–Trinajstić information content (AvgIpc) is 2.34. The van der Waals surface area contributed by atoms with E-state index in [4.69, 9.17) is 0 Å². The van der Waals surface area contributed by atoms with E-state index >= 15 is 0 Å². The maximum atomic E-state index is 12.5. The Labute approximate surface area is 114 Å². The van der Waals surface area contributed by atoms with Gasteiger partial charge in [0.2, 0.25) is 0 Å². The number of halogens is 2. The average molecular weight is 270 g/mol. The second kappa shape index (κ2) is 8.23. The zero-order valence-electron chi connectivity index (χ0n) is 11.9. The van der Waals surface area contributed by atoms with Crippen molar-refractivity contribution in [2.24, 2.45) is 5.92 Å². The maximum Gasteiger partial charge on any atom is 0.251 e. The van der Waals surface area contributed by atoms with Crippen molar-refractivity contribution in [1.82, 2.24) is 10.2 Å². The molecule has 1 atom stereocenters. The highest BCUT2D eigenvalue weighted by molar-refractivity contribution is 5.19. The van der Waals surface area contributed by atoms with Crippen molar-refractivity contribution in [3.05, 3.63) is 35.9 Å². The Balaban J connectivity index is 2.67. The molecule has 0 aliphatic heterocycles. The predicted molar refractivity (Wildman–Crippen MR) is 75.5 cm³/mol. The lowest BCUT2D eigenvalue weighted by molar-refractivity contribution is 0.0800. The van der Waals surface area contributed by atoms with Crippen LogP contribution in [0.5, 0.6) is 0 Å². The topological polar surface area (TPSA) is 15.3 Å². The smallest absolute Gasteiger partial charge is 0.251 e. The summed E-state index contributed by atoms with van der Waals surface area (Å²) in [4.78, 5) is 1.72. The fourth-order valence-corrected chi connectivity index (χ4v) is 2.06. The Morgan fingerprint density at radius 2 is 1.74 bits per heavy atom. The lowest BCUT2D eigenvalue weighted by Gasteiger charge is -2.29. The Morgan fingerprint density at radius 1 is 1.11 bits per heavy atom. The highest BCUT2D eigenvalue weighted by Crippen LogP contribution is 2.19. The normalized spacial score (nSPS) is 13.5. The number of benzene rings is 1. The first-order valence-corrected chi connectivity index (χ1v) is 6.74. The van der Waals surface area contributed by atoms with Gasteiger partial charge in [-0.25, -0.2) is 8.78 Å². The molecule has 0 aliphatic carbocycles. The van der Waals surface area contributed by atoms with Crippen LogP contribution in [-0.2, 0) is 0 Å². The summed E-state index contributed by atoms with van der Waals surface area (Å²) in [6.07, 6.45) is -2.30. The zero-order valence-corrected chi connectivity index (χ0v) is 11.9. The highest BCUT2D eigenvalue weighted by atomic mass is 19.3. The van der Waals surface area contributed by atoms with Crippen molar-refractivity contribution in [2.75, 3.05) is 26.7 Å². The van der Waals surface area contributed by atoms with Crippen molar-refractivity contribution >= 4 is 0 Å². The second-order valence-electron chi connectivity index (χ2n) is 5.31. The standard InChI is InChI=1S/C15H24F2N2/c1-12(2)9-18-10-14(19(3)11-15(16)17)13-7-5-4-6-8-13/h4-8,12,14-15,18H,9-11H2,1-3H3. The van der Waals surface area contributed by atoms with E-state index in [2.05, 4.69) is 19.2 Å². The summed E-state index contributed by atoms with van der Waals surface area (Å²) in [6, 6.07) is 9.79. The molecule has 0 fully saturated rings. The van der Waals surface area contributed by atoms with Crippen molar-refractivity contribution in [3.63, 3.8) is 0 Å². The molecule has 0 amide bonds. The Hall–Kier alpha value is -1.00. The first-order valence-electron chi connectivity index (χ1n) is 6.74. The first kappa shape index (κ1) is 16.1. The summed E-state index contributed by atoms with van der Waals surface area (Å²) in [5.74, 6) is 0.553. The van der Waals surface area contributed by atoms with Gasteiger partial charge in [0.15, 0.2) is 0 Å². The number of rotatable bonds is 8. The van der Waals surface area contributed by atoms with Crippen molar-refractivity contribution in [1.29, 1.82) is 0 Å². The van der Waals surface area contributed by atoms with Crippen molar-refractivity contribution in [3.8, 4) is 0 Å². The summed E-state index contributed by atoms with van der Waals surface area (Å²) in [7, 11) is 1.75. The summed E-state index contributed by atoms with van der Waals surface area (Å²) in [5.41, 5.74) is 1.07.